The van der Waals surface area contributed by atoms with Gasteiger partial charge in [0.2, 0.25) is 0 Å². The highest BCUT2D eigenvalue weighted by Crippen LogP contribution is 2.25. The molecule has 0 spiro atoms. The molecule has 3 rings (SSSR count). The summed E-state index contributed by atoms with van der Waals surface area (Å²) in [5.41, 5.74) is 4.29. The Kier molecular flexibility index (Phi) is 6.57. The first-order chi connectivity index (χ1) is 13.8. The van der Waals surface area contributed by atoms with Gasteiger partial charge in [0, 0.05) is 24.2 Å². The molecule has 0 aliphatic heterocycles. The van der Waals surface area contributed by atoms with Crippen molar-refractivity contribution in [1.29, 1.82) is 5.26 Å². The molecule has 1 heterocycles. The van der Waals surface area contributed by atoms with Gasteiger partial charge in [0.15, 0.2) is 0 Å². The molecule has 136 valence electrons. The fourth-order valence-corrected chi connectivity index (χ4v) is 2.63. The molecular weight excluding hydrogens is 350 g/mol. The van der Waals surface area contributed by atoms with Crippen LogP contribution >= 0.6 is 0 Å². The second-order valence-electron chi connectivity index (χ2n) is 5.90. The maximum Gasteiger partial charge on any atom is 0.136 e. The van der Waals surface area contributed by atoms with E-state index in [4.69, 9.17) is 0 Å². The third-order valence-corrected chi connectivity index (χ3v) is 3.99. The zero-order chi connectivity index (χ0) is 19.6. The van der Waals surface area contributed by atoms with Gasteiger partial charge in [-0.05, 0) is 29.7 Å². The minimum Gasteiger partial charge on any atom is -0.309 e. The number of hydrogen-bond acceptors (Lipinski definition) is 6. The first-order valence-corrected chi connectivity index (χ1v) is 8.75. The highest BCUT2D eigenvalue weighted by Gasteiger charge is 2.08. The van der Waals surface area contributed by atoms with Crippen LogP contribution in [0.3, 0.4) is 0 Å². The molecule has 0 amide bonds. The van der Waals surface area contributed by atoms with Gasteiger partial charge in [0.1, 0.15) is 11.8 Å². The predicted octanol–water partition coefficient (Wildman–Crippen LogP) is 3.27. The minimum atomic E-state index is 0.222. The van der Waals surface area contributed by atoms with Crippen molar-refractivity contribution < 1.29 is 0 Å². The van der Waals surface area contributed by atoms with E-state index in [0.29, 0.717) is 29.9 Å². The van der Waals surface area contributed by atoms with Gasteiger partial charge in [-0.2, -0.15) is 15.3 Å². The van der Waals surface area contributed by atoms with Crippen molar-refractivity contribution in [2.24, 2.45) is 5.18 Å². The number of nitriles is 1. The normalized spacial score (nSPS) is 9.82. The van der Waals surface area contributed by atoms with Crippen molar-refractivity contribution in [3.8, 4) is 29.0 Å². The lowest BCUT2D eigenvalue weighted by Crippen LogP contribution is -2.17. The average Bonchev–Trinajstić information content (AvgIpc) is 2.76. The summed E-state index contributed by atoms with van der Waals surface area (Å²) in [6, 6.07) is 21.3. The van der Waals surface area contributed by atoms with Crippen molar-refractivity contribution in [3.63, 3.8) is 0 Å². The summed E-state index contributed by atoms with van der Waals surface area (Å²) >= 11 is 0. The van der Waals surface area contributed by atoms with Crippen LogP contribution in [0.25, 0.3) is 11.1 Å². The Balaban J connectivity index is 1.79. The van der Waals surface area contributed by atoms with E-state index >= 15 is 0 Å². The molecule has 0 aliphatic carbocycles. The van der Waals surface area contributed by atoms with Crippen LogP contribution in [-0.4, -0.2) is 23.3 Å². The summed E-state index contributed by atoms with van der Waals surface area (Å²) in [7, 11) is 0. The van der Waals surface area contributed by atoms with E-state index in [-0.39, 0.29) is 6.54 Å². The summed E-state index contributed by atoms with van der Waals surface area (Å²) < 4.78 is 0. The molecule has 0 unspecified atom stereocenters. The molecule has 2 aromatic carbocycles. The quantitative estimate of drug-likeness (QED) is 0.410. The molecular formula is C22H17N5O. The number of rotatable bonds is 6. The van der Waals surface area contributed by atoms with E-state index in [1.165, 1.54) is 0 Å². The topological polar surface area (TPSA) is 91.0 Å². The number of nitroso groups, excluding NO2 is 1. The van der Waals surface area contributed by atoms with Crippen LogP contribution < -0.4 is 5.32 Å². The predicted molar refractivity (Wildman–Crippen MR) is 107 cm³/mol. The zero-order valence-corrected chi connectivity index (χ0v) is 15.1. The van der Waals surface area contributed by atoms with Gasteiger partial charge in [0.05, 0.1) is 17.8 Å². The highest BCUT2D eigenvalue weighted by atomic mass is 16.3. The van der Waals surface area contributed by atoms with E-state index in [1.807, 2.05) is 54.6 Å². The molecule has 0 fully saturated rings. The van der Waals surface area contributed by atoms with Crippen LogP contribution in [0.1, 0.15) is 22.5 Å². The fourth-order valence-electron chi connectivity index (χ4n) is 2.63. The first-order valence-electron chi connectivity index (χ1n) is 8.75. The lowest BCUT2D eigenvalue weighted by molar-refractivity contribution is 0.672. The monoisotopic (exact) mass is 367 g/mol. The Morgan fingerprint density at radius 2 is 1.82 bits per heavy atom. The largest absolute Gasteiger partial charge is 0.309 e. The van der Waals surface area contributed by atoms with Gasteiger partial charge < -0.3 is 5.32 Å². The summed E-state index contributed by atoms with van der Waals surface area (Å²) in [5.74, 6) is 6.00. The van der Waals surface area contributed by atoms with Crippen LogP contribution in [-0.2, 0) is 6.54 Å². The number of aromatic nitrogens is 2. The molecule has 0 atom stereocenters. The Bertz CT molecular complexity index is 1040. The van der Waals surface area contributed by atoms with Crippen LogP contribution in [0.15, 0.2) is 65.8 Å². The second kappa shape index (κ2) is 9.72. The number of nitrogens with one attached hydrogen (secondary N) is 1. The Morgan fingerprint density at radius 3 is 2.54 bits per heavy atom. The lowest BCUT2D eigenvalue weighted by Gasteiger charge is -2.05. The Labute approximate surface area is 163 Å². The molecule has 0 bridgehead atoms. The molecule has 3 aromatic rings. The summed E-state index contributed by atoms with van der Waals surface area (Å²) in [6.45, 7) is 1.23. The highest BCUT2D eigenvalue weighted by molar-refractivity contribution is 5.74. The smallest absolute Gasteiger partial charge is 0.136 e. The molecule has 0 saturated carbocycles. The number of hydrogen-bond donors (Lipinski definition) is 1. The second-order valence-corrected chi connectivity index (χ2v) is 5.90. The molecule has 6 heteroatoms. The Hall–Kier alpha value is -3.87. The maximum atomic E-state index is 10.0. The van der Waals surface area contributed by atoms with Gasteiger partial charge in [-0.1, -0.05) is 53.6 Å². The maximum absolute atomic E-state index is 10.0. The third kappa shape index (κ3) is 4.85. The van der Waals surface area contributed by atoms with Crippen LogP contribution in [0, 0.1) is 28.1 Å². The van der Waals surface area contributed by atoms with E-state index in [1.54, 1.807) is 6.07 Å². The average molecular weight is 367 g/mol. The summed E-state index contributed by atoms with van der Waals surface area (Å²) in [6.07, 6.45) is 0. The van der Waals surface area contributed by atoms with Crippen molar-refractivity contribution in [2.45, 2.75) is 6.54 Å². The van der Waals surface area contributed by atoms with Crippen LogP contribution in [0.2, 0.25) is 0 Å². The van der Waals surface area contributed by atoms with E-state index in [9.17, 15) is 10.2 Å². The van der Waals surface area contributed by atoms with Crippen molar-refractivity contribution in [2.75, 3.05) is 13.1 Å². The molecule has 6 nitrogen and oxygen atoms in total. The Morgan fingerprint density at radius 1 is 0.964 bits per heavy atom. The SMILES string of the molecule is N#Cc1c(C#Cc2ccc(CNCCN=O)nn2)cccc1-c1ccccc1. The number of nitrogens with zero attached hydrogens (tertiary/aromatic N) is 4. The van der Waals surface area contributed by atoms with E-state index in [2.05, 4.69) is 38.6 Å². The van der Waals surface area contributed by atoms with E-state index < -0.39 is 0 Å². The van der Waals surface area contributed by atoms with Gasteiger partial charge >= 0.3 is 0 Å². The molecule has 1 N–H and O–H groups in total. The molecule has 0 aliphatic rings. The third-order valence-electron chi connectivity index (χ3n) is 3.99. The molecule has 0 saturated heterocycles. The van der Waals surface area contributed by atoms with Crippen molar-refractivity contribution in [1.82, 2.24) is 15.5 Å². The lowest BCUT2D eigenvalue weighted by atomic mass is 9.96. The number of benzene rings is 2. The van der Waals surface area contributed by atoms with Crippen molar-refractivity contribution >= 4 is 0 Å². The van der Waals surface area contributed by atoms with Gasteiger partial charge in [-0.3, -0.25) is 0 Å². The van der Waals surface area contributed by atoms with E-state index in [0.717, 1.165) is 16.8 Å². The molecule has 1 aromatic heterocycles. The zero-order valence-electron chi connectivity index (χ0n) is 15.1. The summed E-state index contributed by atoms with van der Waals surface area (Å²) in [4.78, 5) is 10.0. The van der Waals surface area contributed by atoms with Gasteiger partial charge in [-0.15, -0.1) is 5.10 Å². The fraction of sp³-hybridized carbons (Fsp3) is 0.136. The van der Waals surface area contributed by atoms with Gasteiger partial charge in [-0.25, -0.2) is 0 Å². The van der Waals surface area contributed by atoms with Gasteiger partial charge in [0.25, 0.3) is 0 Å². The van der Waals surface area contributed by atoms with Crippen LogP contribution in [0.4, 0.5) is 0 Å². The van der Waals surface area contributed by atoms with Crippen molar-refractivity contribution in [3.05, 3.63) is 88.1 Å². The summed E-state index contributed by atoms with van der Waals surface area (Å²) in [5, 5.41) is 23.7. The molecule has 28 heavy (non-hydrogen) atoms. The first kappa shape index (κ1) is 18.9. The standard InChI is InChI=1S/C22H17N5O/c23-15-22-18(7-4-8-21(22)17-5-2-1-3-6-17)9-10-19-11-12-20(27-26-19)16-24-13-14-25-28/h1-8,11-12,24H,13-14,16H2. The van der Waals surface area contributed by atoms with Crippen LogP contribution in [0.5, 0.6) is 0 Å². The molecule has 0 radical (unpaired) electrons. The minimum absolute atomic E-state index is 0.222.